The van der Waals surface area contributed by atoms with E-state index in [1.165, 1.54) is 28.7 Å². The number of hydrogen-bond donors (Lipinski definition) is 0. The van der Waals surface area contributed by atoms with Crippen LogP contribution in [0.15, 0.2) is 215 Å². The molecule has 6 aliphatic carbocycles. The first-order valence-corrected chi connectivity index (χ1v) is 26.7. The van der Waals surface area contributed by atoms with Gasteiger partial charge in [-0.05, 0) is 22.3 Å². The predicted molar refractivity (Wildman–Crippen MR) is 275 cm³/mol. The number of rotatable bonds is 4. The number of allylic oxidation sites excluding steroid dienone is 16. The topological polar surface area (TPSA) is 0 Å². The molecule has 0 radical (unpaired) electrons. The fraction of sp³-hybridized carbons (Fsp3) is 0.317. The minimum Gasteiger partial charge on any atom is -0.147 e. The molecule has 0 aliphatic heterocycles. The average Bonchev–Trinajstić information content (AvgIpc) is 3.89. The molecular formula is C60H68Cl2Zr. The monoisotopic (exact) mass is 948 g/mol. The molecule has 2 fully saturated rings. The Morgan fingerprint density at radius 3 is 1.29 bits per heavy atom. The maximum absolute atomic E-state index is 2.77. The van der Waals surface area contributed by atoms with E-state index in [1.54, 1.807) is 8.85 Å². The summed E-state index contributed by atoms with van der Waals surface area (Å²) in [4.78, 5) is 0. The van der Waals surface area contributed by atoms with Crippen LogP contribution in [0.3, 0.4) is 0 Å². The summed E-state index contributed by atoms with van der Waals surface area (Å²) in [5, 5.41) is 0. The Balaban J connectivity index is 0.000000206. The molecule has 10 rings (SSSR count). The molecule has 0 saturated heterocycles. The van der Waals surface area contributed by atoms with Crippen molar-refractivity contribution in [3.8, 4) is 22.3 Å². The van der Waals surface area contributed by atoms with Crippen LogP contribution in [0.2, 0.25) is 3.63 Å². The summed E-state index contributed by atoms with van der Waals surface area (Å²) in [6.07, 6.45) is 35.9. The van der Waals surface area contributed by atoms with E-state index in [1.807, 2.05) is 24.3 Å². The summed E-state index contributed by atoms with van der Waals surface area (Å²) in [7, 11) is 0. The van der Waals surface area contributed by atoms with Crippen LogP contribution in [0, 0.1) is 43.8 Å². The first kappa shape index (κ1) is 48.6. The molecule has 4 aromatic rings. The summed E-state index contributed by atoms with van der Waals surface area (Å²) in [6, 6.07) is 41.6. The Kier molecular flexibility index (Phi) is 14.3. The Morgan fingerprint density at radius 1 is 0.492 bits per heavy atom. The fourth-order valence-corrected chi connectivity index (χ4v) is 23.4. The predicted octanol–water partition coefficient (Wildman–Crippen LogP) is 17.1. The number of fused-ring (bicyclic) bond motifs is 8. The summed E-state index contributed by atoms with van der Waals surface area (Å²) in [6.45, 7) is 23.6. The van der Waals surface area contributed by atoms with E-state index in [0.717, 1.165) is 0 Å². The van der Waals surface area contributed by atoms with Gasteiger partial charge in [0.1, 0.15) is 0 Å². The van der Waals surface area contributed by atoms with Crippen LogP contribution in [0.4, 0.5) is 0 Å². The Morgan fingerprint density at radius 2 is 0.889 bits per heavy atom. The van der Waals surface area contributed by atoms with Gasteiger partial charge >= 0.3 is 235 Å². The largest absolute Gasteiger partial charge is 0.147 e. The van der Waals surface area contributed by atoms with Crippen molar-refractivity contribution >= 4 is 28.5 Å². The molecule has 63 heavy (non-hydrogen) atoms. The van der Waals surface area contributed by atoms with E-state index < -0.39 is 21.3 Å². The van der Waals surface area contributed by atoms with E-state index in [2.05, 4.69) is 248 Å². The summed E-state index contributed by atoms with van der Waals surface area (Å²) >= 11 is -2.22. The van der Waals surface area contributed by atoms with Crippen molar-refractivity contribution in [3.63, 3.8) is 0 Å². The standard InChI is InChI=1S/C29H37.2C12H10.C5H5.C2H4.2ClH.Zr/c1-21-14-13-15-22-20-27(6)25(4)18-10-9-16-23(25,2)24(3)17-11-12-19-26(24,5)29(27,8)28(21,22)7;2*1-3-7-11(8-4-1)12-9-5-2-6-10-12;1-2-4-5-3-1;1-2;;;/h9-20,22H,1-8H3;2*1-10H;1-3H,4H2;1H,2H3;2*1H;. The molecule has 9 atom stereocenters. The van der Waals surface area contributed by atoms with Gasteiger partial charge in [0.25, 0.3) is 0 Å². The third-order valence-corrected chi connectivity index (χ3v) is 26.3. The van der Waals surface area contributed by atoms with Crippen LogP contribution < -0.4 is 0 Å². The maximum atomic E-state index is 2.77. The van der Waals surface area contributed by atoms with Gasteiger partial charge in [-0.25, -0.2) is 0 Å². The van der Waals surface area contributed by atoms with E-state index >= 15 is 0 Å². The van der Waals surface area contributed by atoms with Gasteiger partial charge in [-0.2, -0.15) is 0 Å². The number of hydrogen-bond acceptors (Lipinski definition) is 0. The van der Waals surface area contributed by atoms with Crippen molar-refractivity contribution in [3.05, 3.63) is 215 Å². The maximum Gasteiger partial charge on any atom is -0.0184 e. The molecule has 326 valence electrons. The molecule has 0 bridgehead atoms. The van der Waals surface area contributed by atoms with Crippen LogP contribution in [0.25, 0.3) is 22.3 Å². The van der Waals surface area contributed by atoms with E-state index in [9.17, 15) is 0 Å². The van der Waals surface area contributed by atoms with Crippen molar-refractivity contribution in [2.75, 3.05) is 0 Å². The van der Waals surface area contributed by atoms with Crippen LogP contribution in [-0.2, 0) is 21.3 Å². The normalized spacial score (nSPS) is 34.8. The second-order valence-corrected chi connectivity index (χ2v) is 26.3. The van der Waals surface area contributed by atoms with Crippen molar-refractivity contribution in [2.24, 2.45) is 43.8 Å². The summed E-state index contributed by atoms with van der Waals surface area (Å²) in [5.41, 5.74) is 6.86. The van der Waals surface area contributed by atoms with Gasteiger partial charge in [-0.3, -0.25) is 0 Å². The minimum absolute atomic E-state index is 0. The molecule has 0 amide bonds. The molecule has 9 unspecified atom stereocenters. The first-order valence-electron chi connectivity index (χ1n) is 22.6. The average molecular weight is 951 g/mol. The van der Waals surface area contributed by atoms with E-state index in [0.29, 0.717) is 9.54 Å². The Hall–Kier alpha value is -3.87. The molecular weight excluding hydrogens is 883 g/mol. The molecule has 0 heterocycles. The smallest absolute Gasteiger partial charge is 0.0184 e. The quantitative estimate of drug-likeness (QED) is 0.191. The second kappa shape index (κ2) is 18.6. The van der Waals surface area contributed by atoms with Crippen molar-refractivity contribution in [1.82, 2.24) is 0 Å². The molecule has 6 aliphatic rings. The fourth-order valence-electron chi connectivity index (χ4n) is 14.0. The van der Waals surface area contributed by atoms with Crippen LogP contribution >= 0.6 is 24.8 Å². The summed E-state index contributed by atoms with van der Waals surface area (Å²) < 4.78 is 5.23. The van der Waals surface area contributed by atoms with Gasteiger partial charge in [-0.15, -0.1) is 24.8 Å². The number of halogens is 2. The Labute approximate surface area is 400 Å². The molecule has 0 spiro atoms. The van der Waals surface area contributed by atoms with E-state index in [-0.39, 0.29) is 62.7 Å². The Bertz CT molecular complexity index is 2380. The molecule has 0 aromatic heterocycles. The van der Waals surface area contributed by atoms with Crippen LogP contribution in [0.5, 0.6) is 0 Å². The zero-order valence-corrected chi connectivity index (χ0v) is 43.0. The van der Waals surface area contributed by atoms with Gasteiger partial charge < -0.3 is 0 Å². The third-order valence-electron chi connectivity index (χ3n) is 18.1. The van der Waals surface area contributed by atoms with Crippen LogP contribution in [-0.4, -0.2) is 3.71 Å². The van der Waals surface area contributed by atoms with Crippen molar-refractivity contribution in [1.29, 1.82) is 0 Å². The SMILES string of the molecule is C/[CH]=[Zr](\[C]1=CC=CC1)[CH]1C2C=CC=C(C)C2(C)C2(C)C3(C)C=CC=CC3(C)C3(C)C=CC=CC3(C)C12C.Cl.Cl.c1ccc(-c2ccccc2)cc1.c1ccc(-c2ccccc2)cc1. The minimum atomic E-state index is -2.22. The molecule has 2 saturated carbocycles. The second-order valence-electron chi connectivity index (χ2n) is 19.5. The van der Waals surface area contributed by atoms with Gasteiger partial charge in [0.2, 0.25) is 0 Å². The van der Waals surface area contributed by atoms with Gasteiger partial charge in [-0.1, -0.05) is 121 Å². The molecule has 3 heteroatoms. The zero-order valence-electron chi connectivity index (χ0n) is 38.9. The van der Waals surface area contributed by atoms with Gasteiger partial charge in [0.15, 0.2) is 0 Å². The van der Waals surface area contributed by atoms with E-state index in [4.69, 9.17) is 0 Å². The third kappa shape index (κ3) is 6.97. The first-order chi connectivity index (χ1) is 29.3. The molecule has 0 nitrogen and oxygen atoms in total. The van der Waals surface area contributed by atoms with Gasteiger partial charge in [0, 0.05) is 0 Å². The number of benzene rings is 4. The summed E-state index contributed by atoms with van der Waals surface area (Å²) in [5.74, 6) is 0.554. The van der Waals surface area contributed by atoms with Crippen molar-refractivity contribution < 1.29 is 21.3 Å². The zero-order chi connectivity index (χ0) is 43.2. The van der Waals surface area contributed by atoms with Crippen molar-refractivity contribution in [2.45, 2.75) is 72.4 Å². The molecule has 4 aromatic carbocycles. The van der Waals surface area contributed by atoms with Crippen LogP contribution in [0.1, 0.15) is 68.7 Å². The van der Waals surface area contributed by atoms with Gasteiger partial charge in [0.05, 0.1) is 0 Å². The molecule has 0 N–H and O–H groups in total.